The van der Waals surface area contributed by atoms with Crippen LogP contribution in [0.4, 0.5) is 0 Å². The Morgan fingerprint density at radius 3 is 2.67 bits per heavy atom. The number of hydrogen-bond donors (Lipinski definition) is 1. The van der Waals surface area contributed by atoms with Gasteiger partial charge in [0, 0.05) is 22.9 Å². The van der Waals surface area contributed by atoms with Crippen LogP contribution in [0.25, 0.3) is 0 Å². The van der Waals surface area contributed by atoms with Crippen molar-refractivity contribution in [2.24, 2.45) is 0 Å². The molecule has 1 rings (SSSR count). The highest BCUT2D eigenvalue weighted by molar-refractivity contribution is 7.12. The molecule has 1 aromatic rings. The fraction of sp³-hybridized carbons (Fsp3) is 0.667. The number of methoxy groups -OCH3 is 1. The van der Waals surface area contributed by atoms with Crippen molar-refractivity contribution in [1.82, 2.24) is 5.32 Å². The number of thiophene rings is 1. The van der Waals surface area contributed by atoms with Crippen molar-refractivity contribution in [3.05, 3.63) is 21.9 Å². The summed E-state index contributed by atoms with van der Waals surface area (Å²) in [7, 11) is 1.77. The summed E-state index contributed by atoms with van der Waals surface area (Å²) in [6.07, 6.45) is 1.33. The van der Waals surface area contributed by atoms with Gasteiger partial charge < -0.3 is 10.1 Å². The van der Waals surface area contributed by atoms with Gasteiger partial charge in [0.1, 0.15) is 0 Å². The monoisotopic (exact) mass is 227 g/mol. The van der Waals surface area contributed by atoms with Gasteiger partial charge in [0.25, 0.3) is 0 Å². The number of aryl methyl sites for hydroxylation is 1. The lowest BCUT2D eigenvalue weighted by atomic mass is 10.1. The van der Waals surface area contributed by atoms with Crippen molar-refractivity contribution < 1.29 is 4.74 Å². The third-order valence-corrected chi connectivity index (χ3v) is 3.64. The molecular formula is C12H21NOS. The fourth-order valence-electron chi connectivity index (χ4n) is 1.62. The molecule has 1 N–H and O–H groups in total. The summed E-state index contributed by atoms with van der Waals surface area (Å²) in [6, 6.07) is 4.83. The van der Waals surface area contributed by atoms with Crippen molar-refractivity contribution in [3.63, 3.8) is 0 Å². The Kier molecular flexibility index (Phi) is 5.29. The van der Waals surface area contributed by atoms with Crippen LogP contribution in [0.1, 0.15) is 36.1 Å². The maximum absolute atomic E-state index is 5.32. The van der Waals surface area contributed by atoms with Crippen LogP contribution in [0.15, 0.2) is 12.1 Å². The maximum atomic E-state index is 5.32. The molecule has 15 heavy (non-hydrogen) atoms. The highest BCUT2D eigenvalue weighted by atomic mass is 32.1. The molecule has 2 nitrogen and oxygen atoms in total. The zero-order valence-corrected chi connectivity index (χ0v) is 10.9. The van der Waals surface area contributed by atoms with Gasteiger partial charge in [-0.05, 0) is 38.9 Å². The van der Waals surface area contributed by atoms with E-state index in [-0.39, 0.29) is 0 Å². The molecule has 0 aliphatic rings. The quantitative estimate of drug-likeness (QED) is 0.806. The summed E-state index contributed by atoms with van der Waals surface area (Å²) in [5.41, 5.74) is 0. The number of rotatable bonds is 6. The van der Waals surface area contributed by atoms with Crippen LogP contribution in [0, 0.1) is 6.92 Å². The van der Waals surface area contributed by atoms with Crippen LogP contribution in [-0.4, -0.2) is 19.8 Å². The second kappa shape index (κ2) is 6.26. The van der Waals surface area contributed by atoms with E-state index in [4.69, 9.17) is 4.74 Å². The smallest absolute Gasteiger partial charge is 0.0561 e. The molecule has 0 bridgehead atoms. The minimum atomic E-state index is 0.302. The first-order valence-electron chi connectivity index (χ1n) is 5.49. The normalized spacial score (nSPS) is 15.2. The molecule has 2 unspecified atom stereocenters. The molecule has 0 fully saturated rings. The van der Waals surface area contributed by atoms with Crippen molar-refractivity contribution >= 4 is 11.3 Å². The van der Waals surface area contributed by atoms with Gasteiger partial charge in [0.05, 0.1) is 6.10 Å². The van der Waals surface area contributed by atoms with Crippen LogP contribution in [0.2, 0.25) is 0 Å². The molecule has 0 aliphatic carbocycles. The minimum absolute atomic E-state index is 0.302. The lowest BCUT2D eigenvalue weighted by Gasteiger charge is -2.19. The molecule has 2 atom stereocenters. The molecule has 0 saturated heterocycles. The van der Waals surface area contributed by atoms with Crippen molar-refractivity contribution in [2.45, 2.75) is 39.3 Å². The van der Waals surface area contributed by atoms with Crippen molar-refractivity contribution in [3.8, 4) is 0 Å². The van der Waals surface area contributed by atoms with Gasteiger partial charge in [-0.25, -0.2) is 0 Å². The average Bonchev–Trinajstić information content (AvgIpc) is 2.64. The SMILES string of the molecule is CCNC(CC(C)OC)c1ccc(C)s1. The largest absolute Gasteiger partial charge is 0.382 e. The van der Waals surface area contributed by atoms with Gasteiger partial charge in [0.2, 0.25) is 0 Å². The highest BCUT2D eigenvalue weighted by Crippen LogP contribution is 2.26. The van der Waals surface area contributed by atoms with Crippen molar-refractivity contribution in [2.75, 3.05) is 13.7 Å². The topological polar surface area (TPSA) is 21.3 Å². The van der Waals surface area contributed by atoms with Gasteiger partial charge in [-0.1, -0.05) is 6.92 Å². The molecule has 0 amide bonds. The molecule has 1 heterocycles. The molecule has 0 aliphatic heterocycles. The van der Waals surface area contributed by atoms with Crippen molar-refractivity contribution in [1.29, 1.82) is 0 Å². The number of hydrogen-bond acceptors (Lipinski definition) is 3. The number of nitrogens with one attached hydrogen (secondary N) is 1. The molecule has 0 spiro atoms. The van der Waals surface area contributed by atoms with E-state index in [2.05, 4.69) is 38.2 Å². The van der Waals surface area contributed by atoms with E-state index in [9.17, 15) is 0 Å². The summed E-state index contributed by atoms with van der Waals surface area (Å²) in [5.74, 6) is 0. The molecular weight excluding hydrogens is 206 g/mol. The molecule has 0 saturated carbocycles. The standard InChI is InChI=1S/C12H21NOS/c1-5-13-11(8-9(2)14-4)12-7-6-10(3)15-12/h6-7,9,11,13H,5,8H2,1-4H3. The Morgan fingerprint density at radius 1 is 1.47 bits per heavy atom. The zero-order chi connectivity index (χ0) is 11.3. The van der Waals surface area contributed by atoms with E-state index >= 15 is 0 Å². The second-order valence-electron chi connectivity index (χ2n) is 3.84. The van der Waals surface area contributed by atoms with Gasteiger partial charge in [0.15, 0.2) is 0 Å². The van der Waals surface area contributed by atoms with Gasteiger partial charge >= 0.3 is 0 Å². The Bertz CT molecular complexity index is 285. The molecule has 3 heteroatoms. The highest BCUT2D eigenvalue weighted by Gasteiger charge is 2.15. The zero-order valence-electron chi connectivity index (χ0n) is 10.0. The van der Waals surface area contributed by atoms with E-state index in [1.165, 1.54) is 9.75 Å². The van der Waals surface area contributed by atoms with Crippen LogP contribution in [0.3, 0.4) is 0 Å². The summed E-state index contributed by atoms with van der Waals surface area (Å²) < 4.78 is 5.32. The molecule has 0 radical (unpaired) electrons. The first-order chi connectivity index (χ1) is 7.17. The summed E-state index contributed by atoms with van der Waals surface area (Å²) in [5, 5.41) is 3.51. The van der Waals surface area contributed by atoms with E-state index in [1.807, 2.05) is 11.3 Å². The fourth-order valence-corrected chi connectivity index (χ4v) is 2.58. The lowest BCUT2D eigenvalue weighted by Crippen LogP contribution is -2.24. The number of ether oxygens (including phenoxy) is 1. The predicted octanol–water partition coefficient (Wildman–Crippen LogP) is 3.13. The first kappa shape index (κ1) is 12.7. The minimum Gasteiger partial charge on any atom is -0.382 e. The third kappa shape index (κ3) is 3.93. The van der Waals surface area contributed by atoms with Gasteiger partial charge in [-0.2, -0.15) is 0 Å². The van der Waals surface area contributed by atoms with E-state index < -0.39 is 0 Å². The Hall–Kier alpha value is -0.380. The van der Waals surface area contributed by atoms with Gasteiger partial charge in [-0.15, -0.1) is 11.3 Å². The third-order valence-electron chi connectivity index (χ3n) is 2.53. The Balaban J connectivity index is 2.65. The maximum Gasteiger partial charge on any atom is 0.0561 e. The lowest BCUT2D eigenvalue weighted by molar-refractivity contribution is 0.101. The summed E-state index contributed by atoms with van der Waals surface area (Å²) in [6.45, 7) is 7.41. The van der Waals surface area contributed by atoms with Crippen LogP contribution in [0.5, 0.6) is 0 Å². The van der Waals surface area contributed by atoms with E-state index in [1.54, 1.807) is 7.11 Å². The second-order valence-corrected chi connectivity index (χ2v) is 5.16. The van der Waals surface area contributed by atoms with E-state index in [0.29, 0.717) is 12.1 Å². The Morgan fingerprint density at radius 2 is 2.20 bits per heavy atom. The average molecular weight is 227 g/mol. The first-order valence-corrected chi connectivity index (χ1v) is 6.31. The van der Waals surface area contributed by atoms with E-state index in [0.717, 1.165) is 13.0 Å². The molecule has 0 aromatic carbocycles. The Labute approximate surface area is 96.7 Å². The van der Waals surface area contributed by atoms with Crippen LogP contribution >= 0.6 is 11.3 Å². The summed E-state index contributed by atoms with van der Waals surface area (Å²) >= 11 is 1.87. The van der Waals surface area contributed by atoms with Gasteiger partial charge in [-0.3, -0.25) is 0 Å². The van der Waals surface area contributed by atoms with Crippen LogP contribution < -0.4 is 5.32 Å². The molecule has 86 valence electrons. The van der Waals surface area contributed by atoms with Crippen LogP contribution in [-0.2, 0) is 4.74 Å². The molecule has 1 aromatic heterocycles. The summed E-state index contributed by atoms with van der Waals surface area (Å²) in [4.78, 5) is 2.79. The predicted molar refractivity (Wildman–Crippen MR) is 66.6 cm³/mol.